The fourth-order valence-electron chi connectivity index (χ4n) is 3.21. The summed E-state index contributed by atoms with van der Waals surface area (Å²) in [6.07, 6.45) is 0.650. The SMILES string of the molecule is Cc1cc(S(=O)(=O)Nc2ccc3c(c2)CCN3C(=O)c2cccs2)ccc1F. The number of amides is 1. The summed E-state index contributed by atoms with van der Waals surface area (Å²) in [7, 11) is -3.83. The predicted molar refractivity (Wildman–Crippen MR) is 108 cm³/mol. The summed E-state index contributed by atoms with van der Waals surface area (Å²) < 4.78 is 41.1. The quantitative estimate of drug-likeness (QED) is 0.693. The third-order valence-electron chi connectivity index (χ3n) is 4.64. The number of rotatable bonds is 4. The van der Waals surface area contributed by atoms with Gasteiger partial charge >= 0.3 is 0 Å². The number of hydrogen-bond donors (Lipinski definition) is 1. The van der Waals surface area contributed by atoms with Crippen molar-refractivity contribution < 1.29 is 17.6 Å². The first-order chi connectivity index (χ1) is 13.3. The maximum atomic E-state index is 13.4. The van der Waals surface area contributed by atoms with Crippen molar-refractivity contribution >= 4 is 38.6 Å². The Kier molecular flexibility index (Phi) is 4.68. The van der Waals surface area contributed by atoms with E-state index >= 15 is 0 Å². The zero-order valence-electron chi connectivity index (χ0n) is 15.0. The van der Waals surface area contributed by atoms with Crippen LogP contribution in [0, 0.1) is 12.7 Å². The molecule has 0 aliphatic carbocycles. The van der Waals surface area contributed by atoms with E-state index in [2.05, 4.69) is 4.72 Å². The molecular formula is C20H17FN2O3S2. The first kappa shape index (κ1) is 18.6. The lowest BCUT2D eigenvalue weighted by atomic mass is 10.1. The summed E-state index contributed by atoms with van der Waals surface area (Å²) in [4.78, 5) is 15.0. The van der Waals surface area contributed by atoms with Gasteiger partial charge in [0.15, 0.2) is 0 Å². The van der Waals surface area contributed by atoms with Crippen LogP contribution in [0.2, 0.25) is 0 Å². The summed E-state index contributed by atoms with van der Waals surface area (Å²) in [6, 6.07) is 12.4. The van der Waals surface area contributed by atoms with E-state index in [0.29, 0.717) is 23.5 Å². The van der Waals surface area contributed by atoms with Crippen molar-refractivity contribution in [1.29, 1.82) is 0 Å². The summed E-state index contributed by atoms with van der Waals surface area (Å²) in [6.45, 7) is 2.07. The van der Waals surface area contributed by atoms with Crippen LogP contribution in [-0.2, 0) is 16.4 Å². The first-order valence-corrected chi connectivity index (χ1v) is 11.0. The van der Waals surface area contributed by atoms with E-state index in [0.717, 1.165) is 17.3 Å². The number of nitrogens with zero attached hydrogens (tertiary/aromatic N) is 1. The fourth-order valence-corrected chi connectivity index (χ4v) is 5.01. The molecule has 0 unspecified atom stereocenters. The number of fused-ring (bicyclic) bond motifs is 1. The Bertz CT molecular complexity index is 1160. The number of aryl methyl sites for hydroxylation is 1. The van der Waals surface area contributed by atoms with Gasteiger partial charge in [0.05, 0.1) is 9.77 Å². The number of sulfonamides is 1. The van der Waals surface area contributed by atoms with Crippen molar-refractivity contribution in [1.82, 2.24) is 0 Å². The van der Waals surface area contributed by atoms with Gasteiger partial charge in [-0.3, -0.25) is 9.52 Å². The molecule has 3 aromatic rings. The van der Waals surface area contributed by atoms with Gasteiger partial charge in [-0.05, 0) is 72.3 Å². The number of nitrogens with one attached hydrogen (secondary N) is 1. The van der Waals surface area contributed by atoms with Gasteiger partial charge in [0.25, 0.3) is 15.9 Å². The minimum Gasteiger partial charge on any atom is -0.307 e. The van der Waals surface area contributed by atoms with Crippen LogP contribution in [-0.4, -0.2) is 20.9 Å². The van der Waals surface area contributed by atoms with E-state index in [1.807, 2.05) is 11.4 Å². The molecule has 0 radical (unpaired) electrons. The molecule has 5 nitrogen and oxygen atoms in total. The third-order valence-corrected chi connectivity index (χ3v) is 6.88. The van der Waals surface area contributed by atoms with Crippen LogP contribution in [0.1, 0.15) is 20.8 Å². The molecule has 0 spiro atoms. The largest absolute Gasteiger partial charge is 0.307 e. The Hall–Kier alpha value is -2.71. The van der Waals surface area contributed by atoms with Crippen LogP contribution in [0.25, 0.3) is 0 Å². The zero-order chi connectivity index (χ0) is 19.9. The lowest BCUT2D eigenvalue weighted by Gasteiger charge is -2.17. The number of thiophene rings is 1. The third kappa shape index (κ3) is 3.41. The summed E-state index contributed by atoms with van der Waals surface area (Å²) in [5, 5.41) is 1.86. The maximum Gasteiger partial charge on any atom is 0.268 e. The van der Waals surface area contributed by atoms with Crippen LogP contribution in [0.3, 0.4) is 0 Å². The zero-order valence-corrected chi connectivity index (χ0v) is 16.6. The van der Waals surface area contributed by atoms with E-state index in [1.165, 1.54) is 30.4 Å². The molecule has 1 aliphatic heterocycles. The number of hydrogen-bond acceptors (Lipinski definition) is 4. The highest BCUT2D eigenvalue weighted by molar-refractivity contribution is 7.92. The highest BCUT2D eigenvalue weighted by atomic mass is 32.2. The van der Waals surface area contributed by atoms with Gasteiger partial charge in [-0.25, -0.2) is 12.8 Å². The Labute approximate surface area is 166 Å². The van der Waals surface area contributed by atoms with Gasteiger partial charge < -0.3 is 4.90 Å². The molecule has 144 valence electrons. The molecule has 1 aliphatic rings. The normalized spacial score (nSPS) is 13.4. The molecule has 0 saturated heterocycles. The molecule has 28 heavy (non-hydrogen) atoms. The number of benzene rings is 2. The second-order valence-electron chi connectivity index (χ2n) is 6.54. The molecule has 0 bridgehead atoms. The van der Waals surface area contributed by atoms with Gasteiger partial charge in [0.1, 0.15) is 5.82 Å². The lowest BCUT2D eigenvalue weighted by Crippen LogP contribution is -2.28. The Morgan fingerprint density at radius 3 is 2.71 bits per heavy atom. The predicted octanol–water partition coefficient (Wildman–Crippen LogP) is 4.20. The van der Waals surface area contributed by atoms with Gasteiger partial charge in [0.2, 0.25) is 0 Å². The molecule has 1 N–H and O–H groups in total. The first-order valence-electron chi connectivity index (χ1n) is 8.62. The second kappa shape index (κ2) is 7.03. The van der Waals surface area contributed by atoms with Gasteiger partial charge in [0, 0.05) is 17.9 Å². The molecule has 0 saturated carbocycles. The molecule has 2 heterocycles. The minimum atomic E-state index is -3.83. The Morgan fingerprint density at radius 1 is 1.18 bits per heavy atom. The number of anilines is 2. The monoisotopic (exact) mass is 416 g/mol. The molecule has 1 amide bonds. The van der Waals surface area contributed by atoms with Gasteiger partial charge in [-0.15, -0.1) is 11.3 Å². The number of carbonyl (C=O) groups excluding carboxylic acids is 1. The lowest BCUT2D eigenvalue weighted by molar-refractivity contribution is 0.0993. The topological polar surface area (TPSA) is 66.5 Å². The van der Waals surface area contributed by atoms with Crippen LogP contribution in [0.4, 0.5) is 15.8 Å². The van der Waals surface area contributed by atoms with Crippen molar-refractivity contribution in [2.75, 3.05) is 16.2 Å². The molecule has 0 fully saturated rings. The van der Waals surface area contributed by atoms with Crippen molar-refractivity contribution in [3.8, 4) is 0 Å². The van der Waals surface area contributed by atoms with Crippen molar-refractivity contribution in [2.24, 2.45) is 0 Å². The minimum absolute atomic E-state index is 0.00129. The Balaban J connectivity index is 1.58. The fraction of sp³-hybridized carbons (Fsp3) is 0.150. The molecule has 4 rings (SSSR count). The summed E-state index contributed by atoms with van der Waals surface area (Å²) >= 11 is 1.39. The van der Waals surface area contributed by atoms with Crippen molar-refractivity contribution in [3.63, 3.8) is 0 Å². The summed E-state index contributed by atoms with van der Waals surface area (Å²) in [5.41, 5.74) is 2.37. The molecule has 1 aromatic heterocycles. The number of halogens is 1. The Morgan fingerprint density at radius 2 is 2.00 bits per heavy atom. The molecule has 2 aromatic carbocycles. The standard InChI is InChI=1S/C20H17FN2O3S2/c1-13-11-16(5-6-17(13)21)28(25,26)22-15-4-7-18-14(12-15)8-9-23(18)20(24)19-3-2-10-27-19/h2-7,10-12,22H,8-9H2,1H3. The maximum absolute atomic E-state index is 13.4. The molecule has 0 atom stereocenters. The highest BCUT2D eigenvalue weighted by Gasteiger charge is 2.27. The van der Waals surface area contributed by atoms with Crippen molar-refractivity contribution in [3.05, 3.63) is 75.7 Å². The van der Waals surface area contributed by atoms with Crippen LogP contribution >= 0.6 is 11.3 Å². The van der Waals surface area contributed by atoms with Crippen LogP contribution < -0.4 is 9.62 Å². The average Bonchev–Trinajstić information content (AvgIpc) is 3.32. The van der Waals surface area contributed by atoms with Gasteiger partial charge in [-0.2, -0.15) is 0 Å². The average molecular weight is 416 g/mol. The van der Waals surface area contributed by atoms with Crippen molar-refractivity contribution in [2.45, 2.75) is 18.2 Å². The molecular weight excluding hydrogens is 399 g/mol. The van der Waals surface area contributed by atoms with E-state index in [-0.39, 0.29) is 16.4 Å². The van der Waals surface area contributed by atoms with Crippen LogP contribution in [0.15, 0.2) is 58.8 Å². The second-order valence-corrected chi connectivity index (χ2v) is 9.17. The summed E-state index contributed by atoms with van der Waals surface area (Å²) in [5.74, 6) is -0.504. The highest BCUT2D eigenvalue weighted by Crippen LogP contribution is 2.33. The van der Waals surface area contributed by atoms with Crippen LogP contribution in [0.5, 0.6) is 0 Å². The van der Waals surface area contributed by atoms with E-state index in [4.69, 9.17) is 0 Å². The van der Waals surface area contributed by atoms with E-state index < -0.39 is 15.8 Å². The van der Waals surface area contributed by atoms with E-state index in [1.54, 1.807) is 29.2 Å². The molecule has 8 heteroatoms. The van der Waals surface area contributed by atoms with Gasteiger partial charge in [-0.1, -0.05) is 6.07 Å². The number of carbonyl (C=O) groups is 1. The smallest absolute Gasteiger partial charge is 0.268 e. The van der Waals surface area contributed by atoms with E-state index in [9.17, 15) is 17.6 Å².